The van der Waals surface area contributed by atoms with Gasteiger partial charge in [0.1, 0.15) is 22.8 Å². The number of ether oxygens (including phenoxy) is 1. The van der Waals surface area contributed by atoms with Gasteiger partial charge in [0.25, 0.3) is 0 Å². The van der Waals surface area contributed by atoms with Crippen molar-refractivity contribution >= 4 is 16.9 Å². The lowest BCUT2D eigenvalue weighted by molar-refractivity contribution is 0.196. The van der Waals surface area contributed by atoms with Crippen molar-refractivity contribution in [2.24, 2.45) is 0 Å². The van der Waals surface area contributed by atoms with Gasteiger partial charge < -0.3 is 10.5 Å². The van der Waals surface area contributed by atoms with Gasteiger partial charge in [-0.15, -0.1) is 5.92 Å². The first-order chi connectivity index (χ1) is 16.7. The van der Waals surface area contributed by atoms with Crippen molar-refractivity contribution in [2.45, 2.75) is 25.8 Å². The van der Waals surface area contributed by atoms with Crippen LogP contribution < -0.4 is 16.2 Å². The zero-order valence-corrected chi connectivity index (χ0v) is 19.1. The van der Waals surface area contributed by atoms with Crippen LogP contribution in [0.1, 0.15) is 25.8 Å². The zero-order chi connectivity index (χ0) is 23.5. The largest absolute Gasteiger partial charge is 0.457 e. The molecule has 34 heavy (non-hydrogen) atoms. The maximum Gasteiger partial charge on any atom is 0.334 e. The Balaban J connectivity index is 1.54. The second kappa shape index (κ2) is 9.46. The number of likely N-dealkylation sites (tertiary alicyclic amines) is 1. The summed E-state index contributed by atoms with van der Waals surface area (Å²) in [4.78, 5) is 20.4. The molecule has 1 saturated heterocycles. The van der Waals surface area contributed by atoms with Gasteiger partial charge in [-0.2, -0.15) is 0 Å². The van der Waals surface area contributed by atoms with E-state index in [0.717, 1.165) is 42.9 Å². The molecule has 0 saturated carbocycles. The van der Waals surface area contributed by atoms with Crippen molar-refractivity contribution in [3.8, 4) is 29.0 Å². The highest BCUT2D eigenvalue weighted by Crippen LogP contribution is 2.29. The van der Waals surface area contributed by atoms with Crippen LogP contribution in [-0.4, -0.2) is 38.7 Å². The number of rotatable bonds is 5. The number of benzene rings is 2. The second-order valence-corrected chi connectivity index (χ2v) is 8.42. The van der Waals surface area contributed by atoms with E-state index < -0.39 is 0 Å². The van der Waals surface area contributed by atoms with Crippen LogP contribution in [0.25, 0.3) is 16.7 Å². The van der Waals surface area contributed by atoms with Gasteiger partial charge in [-0.05, 0) is 68.8 Å². The topological polar surface area (TPSA) is 78.3 Å². The first kappa shape index (κ1) is 21.8. The molecule has 1 atom stereocenters. The summed E-state index contributed by atoms with van der Waals surface area (Å²) in [5.74, 6) is 7.89. The number of nitrogens with zero attached hydrogens (tertiary/aromatic N) is 4. The quantitative estimate of drug-likeness (QED) is 0.458. The molecule has 7 nitrogen and oxygen atoms in total. The van der Waals surface area contributed by atoms with Crippen molar-refractivity contribution in [3.05, 3.63) is 77.3 Å². The Bertz CT molecular complexity index is 1410. The number of hydrogen-bond acceptors (Lipinski definition) is 5. The van der Waals surface area contributed by atoms with Crippen LogP contribution in [0.15, 0.2) is 71.7 Å². The van der Waals surface area contributed by atoms with E-state index in [9.17, 15) is 4.79 Å². The minimum Gasteiger partial charge on any atom is -0.457 e. The molecule has 0 spiro atoms. The van der Waals surface area contributed by atoms with Crippen LogP contribution in [0.5, 0.6) is 11.5 Å². The molecule has 5 rings (SSSR count). The van der Waals surface area contributed by atoms with Gasteiger partial charge in [0, 0.05) is 12.7 Å². The summed E-state index contributed by atoms with van der Waals surface area (Å²) in [6.45, 7) is 4.34. The maximum absolute atomic E-state index is 13.8. The predicted molar refractivity (Wildman–Crippen MR) is 134 cm³/mol. The van der Waals surface area contributed by atoms with Crippen molar-refractivity contribution in [2.75, 3.05) is 25.4 Å². The molecule has 2 aromatic heterocycles. The minimum atomic E-state index is -0.111. The average Bonchev–Trinajstić information content (AvgIpc) is 3.17. The molecule has 2 aromatic carbocycles. The molecule has 3 heterocycles. The second-order valence-electron chi connectivity index (χ2n) is 8.42. The van der Waals surface area contributed by atoms with E-state index >= 15 is 0 Å². The Hall–Kier alpha value is -4.02. The van der Waals surface area contributed by atoms with E-state index in [4.69, 9.17) is 10.5 Å². The van der Waals surface area contributed by atoms with Gasteiger partial charge in [-0.25, -0.2) is 9.78 Å². The fourth-order valence-electron chi connectivity index (χ4n) is 4.65. The van der Waals surface area contributed by atoms with E-state index in [2.05, 4.69) is 21.7 Å². The molecule has 1 aliphatic rings. The van der Waals surface area contributed by atoms with Crippen molar-refractivity contribution < 1.29 is 4.74 Å². The van der Waals surface area contributed by atoms with Gasteiger partial charge in [0.15, 0.2) is 0 Å². The lowest BCUT2D eigenvalue weighted by Crippen LogP contribution is -2.40. The SMILES string of the molecule is CC#CCN1CCC[C@@H](n2c(=O)n(-c3ccc(Oc4ccccc4)cc3)c3c(N)nccc32)C1. The molecule has 1 fully saturated rings. The van der Waals surface area contributed by atoms with Crippen LogP contribution in [0.4, 0.5) is 5.82 Å². The van der Waals surface area contributed by atoms with Crippen molar-refractivity contribution in [1.82, 2.24) is 19.0 Å². The predicted octanol–water partition coefficient (Wildman–Crippen LogP) is 4.22. The van der Waals surface area contributed by atoms with Gasteiger partial charge in [-0.1, -0.05) is 24.1 Å². The van der Waals surface area contributed by atoms with Crippen LogP contribution >= 0.6 is 0 Å². The number of piperidine rings is 1. The molecular weight excluding hydrogens is 426 g/mol. The van der Waals surface area contributed by atoms with Gasteiger partial charge >= 0.3 is 5.69 Å². The molecule has 7 heteroatoms. The summed E-state index contributed by atoms with van der Waals surface area (Å²) >= 11 is 0. The lowest BCUT2D eigenvalue weighted by atomic mass is 10.1. The van der Waals surface area contributed by atoms with Crippen LogP contribution in [0.2, 0.25) is 0 Å². The van der Waals surface area contributed by atoms with E-state index in [1.807, 2.05) is 72.2 Å². The molecular formula is C27H27N5O2. The summed E-state index contributed by atoms with van der Waals surface area (Å²) in [6.07, 6.45) is 3.61. The number of hydrogen-bond donors (Lipinski definition) is 1. The molecule has 0 aliphatic carbocycles. The summed E-state index contributed by atoms with van der Waals surface area (Å²) in [7, 11) is 0. The smallest absolute Gasteiger partial charge is 0.334 e. The molecule has 0 radical (unpaired) electrons. The van der Waals surface area contributed by atoms with Crippen molar-refractivity contribution in [3.63, 3.8) is 0 Å². The average molecular weight is 454 g/mol. The Morgan fingerprint density at radius 1 is 1.09 bits per heavy atom. The summed E-state index contributed by atoms with van der Waals surface area (Å²) in [5.41, 5.74) is 8.34. The van der Waals surface area contributed by atoms with Crippen LogP contribution in [0, 0.1) is 11.8 Å². The van der Waals surface area contributed by atoms with Gasteiger partial charge in [0.05, 0.1) is 23.8 Å². The molecule has 172 valence electrons. The molecule has 0 amide bonds. The lowest BCUT2D eigenvalue weighted by Gasteiger charge is -2.32. The van der Waals surface area contributed by atoms with Crippen molar-refractivity contribution in [1.29, 1.82) is 0 Å². The van der Waals surface area contributed by atoms with E-state index in [-0.39, 0.29) is 11.7 Å². The molecule has 2 N–H and O–H groups in total. The third-order valence-electron chi connectivity index (χ3n) is 6.21. The van der Waals surface area contributed by atoms with Gasteiger partial charge in [0.2, 0.25) is 0 Å². The normalized spacial score (nSPS) is 16.2. The van der Waals surface area contributed by atoms with Gasteiger partial charge in [-0.3, -0.25) is 14.0 Å². The maximum atomic E-state index is 13.8. The zero-order valence-electron chi connectivity index (χ0n) is 19.1. The monoisotopic (exact) mass is 453 g/mol. The minimum absolute atomic E-state index is 0.0474. The van der Waals surface area contributed by atoms with Crippen LogP contribution in [-0.2, 0) is 0 Å². The number of imidazole rings is 1. The Labute approximate surface area is 198 Å². The molecule has 4 aromatic rings. The first-order valence-corrected chi connectivity index (χ1v) is 11.5. The first-order valence-electron chi connectivity index (χ1n) is 11.5. The Morgan fingerprint density at radius 3 is 2.62 bits per heavy atom. The summed E-state index contributed by atoms with van der Waals surface area (Å²) in [6, 6.07) is 19.0. The number of nitrogens with two attached hydrogens (primary N) is 1. The third kappa shape index (κ3) is 4.16. The number of aromatic nitrogens is 3. The molecule has 0 bridgehead atoms. The van der Waals surface area contributed by atoms with Crippen LogP contribution in [0.3, 0.4) is 0 Å². The summed E-state index contributed by atoms with van der Waals surface area (Å²) < 4.78 is 9.45. The highest BCUT2D eigenvalue weighted by atomic mass is 16.5. The van der Waals surface area contributed by atoms with E-state index in [0.29, 0.717) is 23.6 Å². The standard InChI is InChI=1S/C27H27N5O2/c1-2-3-17-30-18-7-8-21(19-30)31-24-15-16-29-26(28)25(24)32(27(31)33)20-11-13-23(14-12-20)34-22-9-5-4-6-10-22/h4-6,9-16,21H,7-8,17-19H2,1H3,(H2,28,29)/t21-/m1/s1. The number of nitrogen functional groups attached to an aromatic ring is 1. The summed E-state index contributed by atoms with van der Waals surface area (Å²) in [5, 5.41) is 0. The molecule has 0 unspecified atom stereocenters. The number of para-hydroxylation sites is 1. The highest BCUT2D eigenvalue weighted by molar-refractivity contribution is 5.87. The fraction of sp³-hybridized carbons (Fsp3) is 0.259. The number of fused-ring (bicyclic) bond motifs is 1. The molecule has 1 aliphatic heterocycles. The number of pyridine rings is 1. The number of anilines is 1. The van der Waals surface area contributed by atoms with E-state index in [1.165, 1.54) is 0 Å². The Kier molecular flexibility index (Phi) is 6.07. The third-order valence-corrected chi connectivity index (χ3v) is 6.21. The highest BCUT2D eigenvalue weighted by Gasteiger charge is 2.27. The Morgan fingerprint density at radius 2 is 1.85 bits per heavy atom. The fourth-order valence-corrected chi connectivity index (χ4v) is 4.65. The van der Waals surface area contributed by atoms with E-state index in [1.54, 1.807) is 10.8 Å².